The minimum atomic E-state index is -3.68. The molecule has 0 aromatic heterocycles. The van der Waals surface area contributed by atoms with Crippen molar-refractivity contribution in [2.75, 3.05) is 6.54 Å². The lowest BCUT2D eigenvalue weighted by Gasteiger charge is -2.17. The summed E-state index contributed by atoms with van der Waals surface area (Å²) in [7, 11) is -3.68. The van der Waals surface area contributed by atoms with Gasteiger partial charge in [0.2, 0.25) is 10.0 Å². The van der Waals surface area contributed by atoms with Gasteiger partial charge in [-0.05, 0) is 36.6 Å². The fourth-order valence-electron chi connectivity index (χ4n) is 2.50. The number of hydrogen-bond acceptors (Lipinski definition) is 2. The quantitative estimate of drug-likeness (QED) is 0.880. The van der Waals surface area contributed by atoms with E-state index in [9.17, 15) is 8.42 Å². The Morgan fingerprint density at radius 1 is 1.05 bits per heavy atom. The Morgan fingerprint density at radius 2 is 1.73 bits per heavy atom. The minimum absolute atomic E-state index is 0.0190. The number of hydrogen-bond donors (Lipinski definition) is 1. The number of rotatable bonds is 5. The van der Waals surface area contributed by atoms with Crippen LogP contribution in [0.4, 0.5) is 0 Å². The van der Waals surface area contributed by atoms with E-state index in [4.69, 9.17) is 23.2 Å². The zero-order valence-electron chi connectivity index (χ0n) is 11.7. The summed E-state index contributed by atoms with van der Waals surface area (Å²) < 4.78 is 27.6. The molecule has 1 saturated carbocycles. The van der Waals surface area contributed by atoms with Crippen LogP contribution < -0.4 is 4.72 Å². The summed E-state index contributed by atoms with van der Waals surface area (Å²) in [5, 5.41) is 0.510. The molecule has 0 saturated heterocycles. The van der Waals surface area contributed by atoms with Gasteiger partial charge < -0.3 is 0 Å². The molecule has 0 heterocycles. The first-order valence-electron chi connectivity index (χ1n) is 6.93. The fraction of sp³-hybridized carbons (Fsp3) is 0.250. The Kier molecular flexibility index (Phi) is 4.21. The van der Waals surface area contributed by atoms with Crippen LogP contribution in [0.25, 0.3) is 0 Å². The van der Waals surface area contributed by atoms with Crippen LogP contribution in [0.1, 0.15) is 18.4 Å². The van der Waals surface area contributed by atoms with Crippen molar-refractivity contribution in [1.29, 1.82) is 0 Å². The molecule has 116 valence electrons. The average Bonchev–Trinajstić information content (AvgIpc) is 3.30. The molecule has 3 rings (SSSR count). The smallest absolute Gasteiger partial charge is 0.210 e. The molecule has 1 aliphatic carbocycles. The molecule has 0 spiro atoms. The van der Waals surface area contributed by atoms with E-state index in [-0.39, 0.29) is 15.3 Å². The molecular weight excluding hydrogens is 341 g/mol. The Hall–Kier alpha value is -1.07. The van der Waals surface area contributed by atoms with Crippen molar-refractivity contribution < 1.29 is 8.42 Å². The highest BCUT2D eigenvalue weighted by atomic mass is 35.5. The van der Waals surface area contributed by atoms with Crippen LogP contribution in [-0.4, -0.2) is 15.0 Å². The lowest BCUT2D eigenvalue weighted by Crippen LogP contribution is -2.32. The highest BCUT2D eigenvalue weighted by molar-refractivity contribution is 7.89. The van der Waals surface area contributed by atoms with E-state index in [0.29, 0.717) is 11.6 Å². The van der Waals surface area contributed by atoms with E-state index >= 15 is 0 Å². The molecule has 3 nitrogen and oxygen atoms in total. The van der Waals surface area contributed by atoms with Crippen molar-refractivity contribution in [3.63, 3.8) is 0 Å². The van der Waals surface area contributed by atoms with Crippen LogP contribution in [0.15, 0.2) is 53.4 Å². The third kappa shape index (κ3) is 3.15. The second-order valence-electron chi connectivity index (χ2n) is 5.55. The molecular formula is C16H15Cl2NO2S. The van der Waals surface area contributed by atoms with Crippen LogP contribution in [0.2, 0.25) is 10.0 Å². The van der Waals surface area contributed by atoms with Gasteiger partial charge in [-0.3, -0.25) is 0 Å². The normalized spacial score (nSPS) is 16.5. The second-order valence-corrected chi connectivity index (χ2v) is 8.12. The average molecular weight is 356 g/mol. The maximum Gasteiger partial charge on any atom is 0.242 e. The van der Waals surface area contributed by atoms with Crippen molar-refractivity contribution in [2.24, 2.45) is 0 Å². The number of nitrogens with one attached hydrogen (secondary N) is 1. The van der Waals surface area contributed by atoms with Crippen LogP contribution in [0.5, 0.6) is 0 Å². The fourth-order valence-corrected chi connectivity index (χ4v) is 4.39. The standard InChI is InChI=1S/C16H15Cl2NO2S/c17-13-6-7-14(18)15(10-13)22(20,21)19-11-16(8-9-16)12-4-2-1-3-5-12/h1-7,10,19H,8-9,11H2. The predicted molar refractivity (Wildman–Crippen MR) is 89.0 cm³/mol. The molecule has 0 atom stereocenters. The molecule has 1 N–H and O–H groups in total. The van der Waals surface area contributed by atoms with Gasteiger partial charge in [0.25, 0.3) is 0 Å². The van der Waals surface area contributed by atoms with E-state index in [1.54, 1.807) is 6.07 Å². The molecule has 1 aliphatic rings. The summed E-state index contributed by atoms with van der Waals surface area (Å²) >= 11 is 11.9. The number of benzene rings is 2. The molecule has 0 bridgehead atoms. The Balaban J connectivity index is 1.80. The topological polar surface area (TPSA) is 46.2 Å². The molecule has 1 fully saturated rings. The van der Waals surface area contributed by atoms with Gasteiger partial charge in [-0.2, -0.15) is 0 Å². The van der Waals surface area contributed by atoms with Crippen LogP contribution >= 0.6 is 23.2 Å². The lowest BCUT2D eigenvalue weighted by molar-refractivity contribution is 0.567. The van der Waals surface area contributed by atoms with Gasteiger partial charge in [0.15, 0.2) is 0 Å². The van der Waals surface area contributed by atoms with E-state index in [1.807, 2.05) is 30.3 Å². The van der Waals surface area contributed by atoms with Crippen molar-refractivity contribution in [1.82, 2.24) is 4.72 Å². The Morgan fingerprint density at radius 3 is 2.36 bits per heavy atom. The van der Waals surface area contributed by atoms with Gasteiger partial charge in [-0.25, -0.2) is 13.1 Å². The van der Waals surface area contributed by atoms with Gasteiger partial charge in [0, 0.05) is 17.0 Å². The lowest BCUT2D eigenvalue weighted by atomic mass is 9.96. The maximum atomic E-state index is 12.5. The highest BCUT2D eigenvalue weighted by Gasteiger charge is 2.44. The highest BCUT2D eigenvalue weighted by Crippen LogP contribution is 2.47. The molecule has 2 aromatic rings. The Labute approximate surface area is 140 Å². The molecule has 0 aliphatic heterocycles. The van der Waals surface area contributed by atoms with E-state index in [2.05, 4.69) is 4.72 Å². The predicted octanol–water partition coefficient (Wildman–Crippen LogP) is 4.00. The zero-order chi connectivity index (χ0) is 15.8. The molecule has 2 aromatic carbocycles. The monoisotopic (exact) mass is 355 g/mol. The summed E-state index contributed by atoms with van der Waals surface area (Å²) in [6.07, 6.45) is 1.95. The number of sulfonamides is 1. The van der Waals surface area contributed by atoms with Gasteiger partial charge in [-0.1, -0.05) is 53.5 Å². The summed E-state index contributed by atoms with van der Waals surface area (Å²) in [4.78, 5) is 0.0190. The van der Waals surface area contributed by atoms with Crippen molar-refractivity contribution in [2.45, 2.75) is 23.2 Å². The molecule has 0 unspecified atom stereocenters. The first-order valence-corrected chi connectivity index (χ1v) is 9.17. The van der Waals surface area contributed by atoms with E-state index in [0.717, 1.165) is 18.4 Å². The van der Waals surface area contributed by atoms with Gasteiger partial charge >= 0.3 is 0 Å². The summed E-state index contributed by atoms with van der Waals surface area (Å²) in [5.41, 5.74) is 1.06. The van der Waals surface area contributed by atoms with E-state index in [1.165, 1.54) is 12.1 Å². The van der Waals surface area contributed by atoms with Crippen LogP contribution in [0, 0.1) is 0 Å². The first kappa shape index (κ1) is 15.8. The van der Waals surface area contributed by atoms with Gasteiger partial charge in [0.05, 0.1) is 5.02 Å². The minimum Gasteiger partial charge on any atom is -0.210 e. The Bertz CT molecular complexity index is 787. The van der Waals surface area contributed by atoms with Gasteiger partial charge in [0.1, 0.15) is 4.90 Å². The molecule has 6 heteroatoms. The van der Waals surface area contributed by atoms with Crippen LogP contribution in [-0.2, 0) is 15.4 Å². The zero-order valence-corrected chi connectivity index (χ0v) is 14.0. The molecule has 0 radical (unpaired) electrons. The number of halogens is 2. The van der Waals surface area contributed by atoms with Crippen molar-refractivity contribution >= 4 is 33.2 Å². The summed E-state index contributed by atoms with van der Waals surface area (Å²) in [6.45, 7) is 0.363. The SMILES string of the molecule is O=S(=O)(NCC1(c2ccccc2)CC1)c1cc(Cl)ccc1Cl. The second kappa shape index (κ2) is 5.85. The molecule has 0 amide bonds. The van der Waals surface area contributed by atoms with Gasteiger partial charge in [-0.15, -0.1) is 0 Å². The third-order valence-corrected chi connectivity index (χ3v) is 6.14. The van der Waals surface area contributed by atoms with Crippen molar-refractivity contribution in [3.05, 3.63) is 64.1 Å². The van der Waals surface area contributed by atoms with Crippen molar-refractivity contribution in [3.8, 4) is 0 Å². The summed E-state index contributed by atoms with van der Waals surface area (Å²) in [5.74, 6) is 0. The summed E-state index contributed by atoms with van der Waals surface area (Å²) in [6, 6.07) is 14.4. The molecule has 22 heavy (non-hydrogen) atoms. The van der Waals surface area contributed by atoms with Crippen LogP contribution in [0.3, 0.4) is 0 Å². The third-order valence-electron chi connectivity index (χ3n) is 4.02. The maximum absolute atomic E-state index is 12.5. The first-order chi connectivity index (χ1) is 10.4. The van der Waals surface area contributed by atoms with E-state index < -0.39 is 10.0 Å². The largest absolute Gasteiger partial charge is 0.242 e.